The molecule has 0 aliphatic rings. The van der Waals surface area contributed by atoms with Crippen LogP contribution in [0.4, 0.5) is 5.69 Å². The highest BCUT2D eigenvalue weighted by Gasteiger charge is 2.32. The quantitative estimate of drug-likeness (QED) is 0.245. The largest absolute Gasteiger partial charge is 0.377 e. The summed E-state index contributed by atoms with van der Waals surface area (Å²) in [7, 11) is -0.432. The van der Waals surface area contributed by atoms with Crippen molar-refractivity contribution in [3.63, 3.8) is 0 Å². The summed E-state index contributed by atoms with van der Waals surface area (Å²) in [5.41, 5.74) is 9.00. The number of nitrogens with two attached hydrogens (primary N) is 1. The molecule has 0 spiro atoms. The van der Waals surface area contributed by atoms with Gasteiger partial charge in [-0.15, -0.1) is 4.83 Å². The monoisotopic (exact) mass is 562 g/mol. The van der Waals surface area contributed by atoms with Crippen molar-refractivity contribution in [2.75, 3.05) is 19.0 Å². The first-order valence-corrected chi connectivity index (χ1v) is 14.4. The van der Waals surface area contributed by atoms with Gasteiger partial charge in [0.15, 0.2) is 0 Å². The third-order valence-electron chi connectivity index (χ3n) is 6.45. The predicted molar refractivity (Wildman–Crippen MR) is 153 cm³/mol. The van der Waals surface area contributed by atoms with Gasteiger partial charge in [0.2, 0.25) is 11.8 Å². The molecule has 216 valence electrons. The smallest absolute Gasteiger partial charge is 0.257 e. The molecule has 0 bridgehead atoms. The number of hydrazine groups is 1. The van der Waals surface area contributed by atoms with Crippen molar-refractivity contribution in [1.29, 1.82) is 0 Å². The molecule has 12 heteroatoms. The Morgan fingerprint density at radius 1 is 0.744 bits per heavy atom. The van der Waals surface area contributed by atoms with Crippen molar-refractivity contribution < 1.29 is 22.8 Å². The highest BCUT2D eigenvalue weighted by molar-refractivity contribution is 7.89. The van der Waals surface area contributed by atoms with E-state index >= 15 is 0 Å². The summed E-state index contributed by atoms with van der Waals surface area (Å²) in [6.07, 6.45) is 0. The predicted octanol–water partition coefficient (Wildman–Crippen LogP) is 1.48. The first-order valence-electron chi connectivity index (χ1n) is 13.0. The molecular formula is C27H42N6O5S. The Morgan fingerprint density at radius 2 is 1.26 bits per heavy atom. The van der Waals surface area contributed by atoms with Gasteiger partial charge in [-0.25, -0.2) is 8.42 Å². The Hall–Kier alpha value is -3.22. The Kier molecular flexibility index (Phi) is 10.8. The van der Waals surface area contributed by atoms with Crippen LogP contribution in [0.25, 0.3) is 10.8 Å². The van der Waals surface area contributed by atoms with Crippen LogP contribution in [0.15, 0.2) is 41.3 Å². The Bertz CT molecular complexity index is 1290. The number of hydrogen-bond acceptors (Lipinski definition) is 7. The van der Waals surface area contributed by atoms with Gasteiger partial charge < -0.3 is 21.3 Å². The molecule has 0 saturated carbocycles. The van der Waals surface area contributed by atoms with Crippen LogP contribution in [0.1, 0.15) is 41.5 Å². The molecule has 0 aliphatic carbocycles. The van der Waals surface area contributed by atoms with E-state index in [0.29, 0.717) is 5.39 Å². The van der Waals surface area contributed by atoms with E-state index in [1.807, 2.05) is 31.1 Å². The van der Waals surface area contributed by atoms with Crippen LogP contribution in [-0.4, -0.2) is 58.4 Å². The Labute approximate surface area is 231 Å². The number of benzene rings is 2. The molecule has 0 saturated heterocycles. The van der Waals surface area contributed by atoms with E-state index in [-0.39, 0.29) is 22.6 Å². The van der Waals surface area contributed by atoms with Crippen molar-refractivity contribution in [1.82, 2.24) is 20.9 Å². The van der Waals surface area contributed by atoms with Gasteiger partial charge >= 0.3 is 0 Å². The maximum Gasteiger partial charge on any atom is 0.257 e. The summed E-state index contributed by atoms with van der Waals surface area (Å²) in [6.45, 7) is 10.5. The topological polar surface area (TPSA) is 163 Å². The average Bonchev–Trinajstić information content (AvgIpc) is 2.86. The number of amides is 3. The van der Waals surface area contributed by atoms with Crippen molar-refractivity contribution in [3.05, 3.63) is 36.4 Å². The van der Waals surface area contributed by atoms with Gasteiger partial charge in [0, 0.05) is 30.6 Å². The Balaban J connectivity index is 2.21. The summed E-state index contributed by atoms with van der Waals surface area (Å²) < 4.78 is 26.4. The van der Waals surface area contributed by atoms with E-state index in [0.717, 1.165) is 11.1 Å². The average molecular weight is 563 g/mol. The molecule has 3 amide bonds. The van der Waals surface area contributed by atoms with Gasteiger partial charge in [-0.05, 0) is 29.9 Å². The van der Waals surface area contributed by atoms with Gasteiger partial charge in [0.05, 0.1) is 10.9 Å². The molecule has 39 heavy (non-hydrogen) atoms. The van der Waals surface area contributed by atoms with Crippen LogP contribution in [0.3, 0.4) is 0 Å². The minimum absolute atomic E-state index is 0.00166. The lowest BCUT2D eigenvalue weighted by molar-refractivity contribution is -0.134. The molecule has 3 atom stereocenters. The van der Waals surface area contributed by atoms with Gasteiger partial charge in [-0.1, -0.05) is 65.8 Å². The normalized spacial score (nSPS) is 14.3. The maximum atomic E-state index is 13.2. The fourth-order valence-electron chi connectivity index (χ4n) is 4.00. The summed E-state index contributed by atoms with van der Waals surface area (Å²) in [6, 6.07) is 7.45. The fraction of sp³-hybridized carbons (Fsp3) is 0.519. The third-order valence-corrected chi connectivity index (χ3v) is 7.76. The summed E-state index contributed by atoms with van der Waals surface area (Å²) >= 11 is 0. The van der Waals surface area contributed by atoms with Crippen LogP contribution in [0.5, 0.6) is 0 Å². The van der Waals surface area contributed by atoms with Gasteiger partial charge in [-0.3, -0.25) is 19.8 Å². The molecular weight excluding hydrogens is 520 g/mol. The van der Waals surface area contributed by atoms with Crippen LogP contribution in [0, 0.1) is 17.8 Å². The molecule has 11 nitrogen and oxygen atoms in total. The second-order valence-corrected chi connectivity index (χ2v) is 12.5. The first kappa shape index (κ1) is 32.0. The zero-order chi connectivity index (χ0) is 29.7. The minimum atomic E-state index is -4.16. The number of nitrogens with zero attached hydrogens (tertiary/aromatic N) is 1. The molecule has 2 rings (SSSR count). The summed E-state index contributed by atoms with van der Waals surface area (Å²) in [5.74, 6) is -2.59. The first-order chi connectivity index (χ1) is 18.1. The molecule has 2 aromatic carbocycles. The van der Waals surface area contributed by atoms with Gasteiger partial charge in [0.1, 0.15) is 12.1 Å². The lowest BCUT2D eigenvalue weighted by atomic mass is 9.98. The highest BCUT2D eigenvalue weighted by atomic mass is 32.2. The van der Waals surface area contributed by atoms with Crippen LogP contribution in [0.2, 0.25) is 0 Å². The summed E-state index contributed by atoms with van der Waals surface area (Å²) in [4.78, 5) is 42.7. The number of sulfonamides is 1. The van der Waals surface area contributed by atoms with Crippen LogP contribution < -0.4 is 31.5 Å². The van der Waals surface area contributed by atoms with E-state index in [1.54, 1.807) is 59.7 Å². The van der Waals surface area contributed by atoms with Crippen LogP contribution in [-0.2, 0) is 24.4 Å². The molecule has 0 aromatic heterocycles. The fourth-order valence-corrected chi connectivity index (χ4v) is 5.07. The maximum absolute atomic E-state index is 13.2. The molecule has 0 heterocycles. The van der Waals surface area contributed by atoms with Gasteiger partial charge in [0.25, 0.3) is 15.9 Å². The zero-order valence-corrected chi connectivity index (χ0v) is 24.7. The van der Waals surface area contributed by atoms with E-state index in [4.69, 9.17) is 5.73 Å². The van der Waals surface area contributed by atoms with E-state index in [9.17, 15) is 22.8 Å². The molecule has 0 radical (unpaired) electrons. The molecule has 0 aliphatic heterocycles. The minimum Gasteiger partial charge on any atom is -0.377 e. The zero-order valence-electron chi connectivity index (χ0n) is 23.9. The van der Waals surface area contributed by atoms with E-state index < -0.39 is 45.9 Å². The van der Waals surface area contributed by atoms with E-state index in [2.05, 4.69) is 20.9 Å². The number of rotatable bonds is 12. The number of hydrogen-bond donors (Lipinski definition) is 5. The molecule has 6 N–H and O–H groups in total. The highest BCUT2D eigenvalue weighted by Crippen LogP contribution is 2.29. The standard InChI is InChI=1S/C27H42N6O5S/c1-15(2)22(28)25(34)29-23(16(3)4)26(35)30-24(17(5)6)27(36)31-32-39(37,38)21-14-10-11-18-19(21)12-9-13-20(18)33(7)8/h9-17,22-24,32H,28H2,1-8H3,(H,29,34)(H,30,35)(H,31,36). The lowest BCUT2D eigenvalue weighted by Gasteiger charge is -2.28. The second-order valence-electron chi connectivity index (χ2n) is 10.8. The number of nitrogens with one attached hydrogen (secondary N) is 4. The van der Waals surface area contributed by atoms with Crippen LogP contribution >= 0.6 is 0 Å². The number of fused-ring (bicyclic) bond motifs is 1. The third kappa shape index (κ3) is 7.90. The van der Waals surface area contributed by atoms with Gasteiger partial charge in [-0.2, -0.15) is 0 Å². The van der Waals surface area contributed by atoms with Crippen molar-refractivity contribution >= 4 is 44.2 Å². The Morgan fingerprint density at radius 3 is 1.79 bits per heavy atom. The second kappa shape index (κ2) is 13.2. The van der Waals surface area contributed by atoms with Crippen molar-refractivity contribution in [3.8, 4) is 0 Å². The molecule has 0 fully saturated rings. The molecule has 3 unspecified atom stereocenters. The van der Waals surface area contributed by atoms with E-state index in [1.165, 1.54) is 6.07 Å². The number of carbonyl (C=O) groups is 3. The SMILES string of the molecule is CC(C)C(N)C(=O)NC(C(=O)NC(C(=O)NNS(=O)(=O)c1cccc2c(N(C)C)cccc12)C(C)C)C(C)C. The van der Waals surface area contributed by atoms with Crippen molar-refractivity contribution in [2.24, 2.45) is 23.5 Å². The van der Waals surface area contributed by atoms with Crippen molar-refractivity contribution in [2.45, 2.75) is 64.6 Å². The lowest BCUT2D eigenvalue weighted by Crippen LogP contribution is -2.60. The number of anilines is 1. The number of carbonyl (C=O) groups excluding carboxylic acids is 3. The summed E-state index contributed by atoms with van der Waals surface area (Å²) in [5, 5.41) is 6.55. The molecule has 2 aromatic rings.